The van der Waals surface area contributed by atoms with Gasteiger partial charge < -0.3 is 14.4 Å². The molecule has 0 saturated heterocycles. The van der Waals surface area contributed by atoms with Crippen LogP contribution in [0.15, 0.2) is 36.4 Å². The van der Waals surface area contributed by atoms with Crippen LogP contribution >= 0.6 is 0 Å². The highest BCUT2D eigenvalue weighted by Crippen LogP contribution is 2.29. The molecule has 1 aliphatic heterocycles. The first kappa shape index (κ1) is 14.3. The van der Waals surface area contributed by atoms with Crippen molar-refractivity contribution in [1.29, 1.82) is 0 Å². The maximum absolute atomic E-state index is 13.5. The second-order valence-electron chi connectivity index (χ2n) is 4.89. The number of anilines is 1. The number of aryl methyl sites for hydroxylation is 1. The monoisotopic (exact) mass is 302 g/mol. The van der Waals surface area contributed by atoms with Crippen molar-refractivity contribution in [3.8, 4) is 11.6 Å². The normalized spacial score (nSPS) is 13.3. The van der Waals surface area contributed by atoms with Gasteiger partial charge in [-0.15, -0.1) is 0 Å². The Morgan fingerprint density at radius 3 is 3.00 bits per heavy atom. The number of halogens is 1. The van der Waals surface area contributed by atoms with Gasteiger partial charge in [-0.25, -0.2) is 9.37 Å². The van der Waals surface area contributed by atoms with Crippen molar-refractivity contribution in [3.05, 3.63) is 47.9 Å². The SMILES string of the molecule is Cc1ccc2c(n1)OCCN2C(=O)COc1ccccc1F. The van der Waals surface area contributed by atoms with Gasteiger partial charge in [-0.3, -0.25) is 4.79 Å². The fourth-order valence-electron chi connectivity index (χ4n) is 2.23. The molecule has 2 heterocycles. The molecule has 0 unspecified atom stereocenters. The number of para-hydroxylation sites is 1. The van der Waals surface area contributed by atoms with Crippen molar-refractivity contribution in [3.63, 3.8) is 0 Å². The second kappa shape index (κ2) is 6.01. The molecule has 0 bridgehead atoms. The molecule has 0 spiro atoms. The van der Waals surface area contributed by atoms with E-state index in [0.29, 0.717) is 24.7 Å². The molecule has 0 fully saturated rings. The number of aromatic nitrogens is 1. The molecule has 5 nitrogen and oxygen atoms in total. The minimum Gasteiger partial charge on any atom is -0.481 e. The number of benzene rings is 1. The van der Waals surface area contributed by atoms with E-state index in [1.165, 1.54) is 12.1 Å². The lowest BCUT2D eigenvalue weighted by Crippen LogP contribution is -2.41. The van der Waals surface area contributed by atoms with Crippen LogP contribution in [-0.4, -0.2) is 30.6 Å². The van der Waals surface area contributed by atoms with Crippen LogP contribution < -0.4 is 14.4 Å². The van der Waals surface area contributed by atoms with E-state index in [4.69, 9.17) is 9.47 Å². The van der Waals surface area contributed by atoms with Gasteiger partial charge in [0, 0.05) is 5.69 Å². The molecule has 1 aliphatic rings. The molecule has 1 amide bonds. The molecular formula is C16H15FN2O3. The van der Waals surface area contributed by atoms with E-state index in [1.54, 1.807) is 23.1 Å². The maximum Gasteiger partial charge on any atom is 0.265 e. The molecule has 0 aliphatic carbocycles. The number of hydrogen-bond donors (Lipinski definition) is 0. The van der Waals surface area contributed by atoms with Crippen molar-refractivity contribution >= 4 is 11.6 Å². The standard InChI is InChI=1S/C16H15FN2O3/c1-11-6-7-13-16(18-11)21-9-8-19(13)15(20)10-22-14-5-3-2-4-12(14)17/h2-7H,8-10H2,1H3. The summed E-state index contributed by atoms with van der Waals surface area (Å²) in [6.07, 6.45) is 0. The molecule has 1 aromatic heterocycles. The van der Waals surface area contributed by atoms with Gasteiger partial charge in [0.15, 0.2) is 18.2 Å². The molecule has 22 heavy (non-hydrogen) atoms. The smallest absolute Gasteiger partial charge is 0.265 e. The van der Waals surface area contributed by atoms with Crippen LogP contribution in [0.25, 0.3) is 0 Å². The quantitative estimate of drug-likeness (QED) is 0.873. The molecule has 6 heteroatoms. The Morgan fingerprint density at radius 1 is 1.36 bits per heavy atom. The Labute approximate surface area is 127 Å². The summed E-state index contributed by atoms with van der Waals surface area (Å²) < 4.78 is 24.2. The number of rotatable bonds is 3. The number of amides is 1. The number of fused-ring (bicyclic) bond motifs is 1. The molecule has 0 atom stereocenters. The van der Waals surface area contributed by atoms with E-state index in [9.17, 15) is 9.18 Å². The van der Waals surface area contributed by atoms with E-state index in [0.717, 1.165) is 5.69 Å². The summed E-state index contributed by atoms with van der Waals surface area (Å²) in [7, 11) is 0. The summed E-state index contributed by atoms with van der Waals surface area (Å²) in [6.45, 7) is 2.39. The van der Waals surface area contributed by atoms with Gasteiger partial charge >= 0.3 is 0 Å². The van der Waals surface area contributed by atoms with Crippen molar-refractivity contribution in [1.82, 2.24) is 4.98 Å². The van der Waals surface area contributed by atoms with Crippen LogP contribution in [-0.2, 0) is 4.79 Å². The lowest BCUT2D eigenvalue weighted by atomic mass is 10.2. The molecule has 2 aromatic rings. The Hall–Kier alpha value is -2.63. The van der Waals surface area contributed by atoms with E-state index < -0.39 is 5.82 Å². The van der Waals surface area contributed by atoms with Crippen LogP contribution in [0.1, 0.15) is 5.69 Å². The number of carbonyl (C=O) groups excluding carboxylic acids is 1. The largest absolute Gasteiger partial charge is 0.481 e. The average Bonchev–Trinajstić information content (AvgIpc) is 2.53. The Morgan fingerprint density at radius 2 is 2.18 bits per heavy atom. The number of ether oxygens (including phenoxy) is 2. The van der Waals surface area contributed by atoms with E-state index in [-0.39, 0.29) is 18.3 Å². The van der Waals surface area contributed by atoms with Crippen LogP contribution in [0, 0.1) is 12.7 Å². The fourth-order valence-corrected chi connectivity index (χ4v) is 2.23. The van der Waals surface area contributed by atoms with Gasteiger partial charge in [0.25, 0.3) is 5.91 Å². The molecule has 0 saturated carbocycles. The van der Waals surface area contributed by atoms with Crippen molar-refractivity contribution in [2.45, 2.75) is 6.92 Å². The van der Waals surface area contributed by atoms with Crippen LogP contribution in [0.5, 0.6) is 11.6 Å². The zero-order valence-corrected chi connectivity index (χ0v) is 12.1. The van der Waals surface area contributed by atoms with Crippen LogP contribution in [0.3, 0.4) is 0 Å². The fraction of sp³-hybridized carbons (Fsp3) is 0.250. The Bertz CT molecular complexity index is 706. The first-order chi connectivity index (χ1) is 10.6. The molecule has 0 N–H and O–H groups in total. The number of carbonyl (C=O) groups is 1. The Balaban J connectivity index is 1.73. The first-order valence-electron chi connectivity index (χ1n) is 6.93. The van der Waals surface area contributed by atoms with Gasteiger partial charge in [-0.1, -0.05) is 12.1 Å². The van der Waals surface area contributed by atoms with Gasteiger partial charge in [0.2, 0.25) is 5.88 Å². The number of pyridine rings is 1. The van der Waals surface area contributed by atoms with E-state index >= 15 is 0 Å². The molecule has 1 aromatic carbocycles. The van der Waals surface area contributed by atoms with Gasteiger partial charge in [-0.05, 0) is 31.2 Å². The third-order valence-electron chi connectivity index (χ3n) is 3.31. The zero-order chi connectivity index (χ0) is 15.5. The summed E-state index contributed by atoms with van der Waals surface area (Å²) >= 11 is 0. The lowest BCUT2D eigenvalue weighted by Gasteiger charge is -2.28. The summed E-state index contributed by atoms with van der Waals surface area (Å²) in [5.41, 5.74) is 1.43. The summed E-state index contributed by atoms with van der Waals surface area (Å²) in [4.78, 5) is 18.1. The summed E-state index contributed by atoms with van der Waals surface area (Å²) in [5.74, 6) is -0.259. The minimum absolute atomic E-state index is 0.0614. The predicted octanol–water partition coefficient (Wildman–Crippen LogP) is 2.33. The molecule has 114 valence electrons. The van der Waals surface area contributed by atoms with Crippen LogP contribution in [0.4, 0.5) is 10.1 Å². The average molecular weight is 302 g/mol. The third-order valence-corrected chi connectivity index (χ3v) is 3.31. The molecular weight excluding hydrogens is 287 g/mol. The third kappa shape index (κ3) is 2.86. The van der Waals surface area contributed by atoms with Crippen molar-refractivity contribution in [2.75, 3.05) is 24.7 Å². The zero-order valence-electron chi connectivity index (χ0n) is 12.1. The van der Waals surface area contributed by atoms with E-state index in [2.05, 4.69) is 4.98 Å². The highest BCUT2D eigenvalue weighted by Gasteiger charge is 2.25. The number of hydrogen-bond acceptors (Lipinski definition) is 4. The molecule has 3 rings (SSSR count). The van der Waals surface area contributed by atoms with E-state index in [1.807, 2.05) is 13.0 Å². The van der Waals surface area contributed by atoms with Crippen molar-refractivity contribution < 1.29 is 18.7 Å². The topological polar surface area (TPSA) is 51.7 Å². The van der Waals surface area contributed by atoms with Gasteiger partial charge in [0.05, 0.1) is 6.54 Å². The first-order valence-corrected chi connectivity index (χ1v) is 6.93. The van der Waals surface area contributed by atoms with Gasteiger partial charge in [0.1, 0.15) is 12.3 Å². The Kier molecular flexibility index (Phi) is 3.91. The highest BCUT2D eigenvalue weighted by atomic mass is 19.1. The maximum atomic E-state index is 13.5. The van der Waals surface area contributed by atoms with Crippen LogP contribution in [0.2, 0.25) is 0 Å². The molecule has 0 radical (unpaired) electrons. The van der Waals surface area contributed by atoms with Gasteiger partial charge in [-0.2, -0.15) is 0 Å². The highest BCUT2D eigenvalue weighted by molar-refractivity contribution is 5.96. The second-order valence-corrected chi connectivity index (χ2v) is 4.89. The lowest BCUT2D eigenvalue weighted by molar-refractivity contribution is -0.120. The summed E-state index contributed by atoms with van der Waals surface area (Å²) in [6, 6.07) is 9.59. The predicted molar refractivity (Wildman–Crippen MR) is 78.7 cm³/mol. The summed E-state index contributed by atoms with van der Waals surface area (Å²) in [5, 5.41) is 0. The minimum atomic E-state index is -0.491. The number of nitrogens with zero attached hydrogens (tertiary/aromatic N) is 2. The van der Waals surface area contributed by atoms with Crippen molar-refractivity contribution in [2.24, 2.45) is 0 Å².